The molecule has 18 heavy (non-hydrogen) atoms. The van der Waals surface area contributed by atoms with Crippen molar-refractivity contribution in [3.05, 3.63) is 65.2 Å². The van der Waals surface area contributed by atoms with Crippen LogP contribution in [0.1, 0.15) is 16.7 Å². The second kappa shape index (κ2) is 6.19. The van der Waals surface area contributed by atoms with Gasteiger partial charge in [0.15, 0.2) is 0 Å². The minimum Gasteiger partial charge on any atom is -0.489 e. The maximum absolute atomic E-state index is 9.18. The molecule has 0 aliphatic rings. The summed E-state index contributed by atoms with van der Waals surface area (Å²) < 4.78 is 5.67. The van der Waals surface area contributed by atoms with Crippen LogP contribution in [0, 0.1) is 0 Å². The van der Waals surface area contributed by atoms with Gasteiger partial charge < -0.3 is 14.9 Å². The third kappa shape index (κ3) is 3.09. The lowest BCUT2D eigenvalue weighted by Gasteiger charge is -2.10. The number of benzene rings is 2. The first-order valence-electron chi connectivity index (χ1n) is 5.83. The van der Waals surface area contributed by atoms with Crippen molar-refractivity contribution < 1.29 is 14.9 Å². The summed E-state index contributed by atoms with van der Waals surface area (Å²) in [5.41, 5.74) is 2.69. The van der Waals surface area contributed by atoms with Gasteiger partial charge in [-0.05, 0) is 17.2 Å². The van der Waals surface area contributed by atoms with Gasteiger partial charge in [0.25, 0.3) is 0 Å². The van der Waals surface area contributed by atoms with Gasteiger partial charge in [0.05, 0.1) is 13.2 Å². The maximum Gasteiger partial charge on any atom is 0.125 e. The van der Waals surface area contributed by atoms with Gasteiger partial charge in [0.2, 0.25) is 0 Å². The molecule has 0 atom stereocenters. The Bertz CT molecular complexity index is 491. The molecule has 2 rings (SSSR count). The lowest BCUT2D eigenvalue weighted by Crippen LogP contribution is -1.98. The SMILES string of the molecule is OCc1ccc(COc2ccccc2CO)cc1. The largest absolute Gasteiger partial charge is 0.489 e. The Morgan fingerprint density at radius 2 is 1.44 bits per heavy atom. The molecule has 3 nitrogen and oxygen atoms in total. The van der Waals surface area contributed by atoms with Crippen LogP contribution < -0.4 is 4.74 Å². The van der Waals surface area contributed by atoms with E-state index in [-0.39, 0.29) is 13.2 Å². The van der Waals surface area contributed by atoms with E-state index in [2.05, 4.69) is 0 Å². The summed E-state index contributed by atoms with van der Waals surface area (Å²) in [4.78, 5) is 0. The van der Waals surface area contributed by atoms with Crippen molar-refractivity contribution in [3.8, 4) is 5.75 Å². The van der Waals surface area contributed by atoms with Crippen LogP contribution in [0.25, 0.3) is 0 Å². The van der Waals surface area contributed by atoms with Crippen LogP contribution in [0.3, 0.4) is 0 Å². The van der Waals surface area contributed by atoms with Gasteiger partial charge in [-0.25, -0.2) is 0 Å². The molecule has 2 aromatic carbocycles. The molecule has 94 valence electrons. The summed E-state index contributed by atoms with van der Waals surface area (Å²) in [5.74, 6) is 0.700. The fourth-order valence-electron chi connectivity index (χ4n) is 1.68. The van der Waals surface area contributed by atoms with Crippen LogP contribution in [-0.4, -0.2) is 10.2 Å². The van der Waals surface area contributed by atoms with Crippen LogP contribution in [-0.2, 0) is 19.8 Å². The van der Waals surface area contributed by atoms with Gasteiger partial charge in [-0.15, -0.1) is 0 Å². The summed E-state index contributed by atoms with van der Waals surface area (Å²) in [7, 11) is 0. The second-order valence-electron chi connectivity index (χ2n) is 4.03. The molecule has 0 radical (unpaired) electrons. The number of hydrogen-bond acceptors (Lipinski definition) is 3. The Balaban J connectivity index is 2.02. The molecule has 0 saturated carbocycles. The molecule has 2 aromatic rings. The van der Waals surface area contributed by atoms with E-state index in [9.17, 15) is 5.11 Å². The molecule has 0 aliphatic heterocycles. The fourth-order valence-corrected chi connectivity index (χ4v) is 1.68. The van der Waals surface area contributed by atoms with E-state index in [0.29, 0.717) is 12.4 Å². The average Bonchev–Trinajstić information content (AvgIpc) is 2.46. The highest BCUT2D eigenvalue weighted by molar-refractivity contribution is 5.33. The minimum absolute atomic E-state index is 0.0282. The Hall–Kier alpha value is -1.84. The Morgan fingerprint density at radius 3 is 2.11 bits per heavy atom. The van der Waals surface area contributed by atoms with E-state index in [4.69, 9.17) is 9.84 Å². The summed E-state index contributed by atoms with van der Waals surface area (Å²) >= 11 is 0. The summed E-state index contributed by atoms with van der Waals surface area (Å²) in [6, 6.07) is 15.0. The standard InChI is InChI=1S/C15H16O3/c16-9-12-5-7-13(8-6-12)11-18-15-4-2-1-3-14(15)10-17/h1-8,16-17H,9-11H2. The predicted octanol–water partition coefficient (Wildman–Crippen LogP) is 2.25. The molecule has 0 saturated heterocycles. The van der Waals surface area contributed by atoms with Gasteiger partial charge in [-0.3, -0.25) is 0 Å². The number of para-hydroxylation sites is 1. The minimum atomic E-state index is -0.0282. The lowest BCUT2D eigenvalue weighted by molar-refractivity contribution is 0.259. The normalized spacial score (nSPS) is 10.3. The van der Waals surface area contributed by atoms with Crippen molar-refractivity contribution in [1.29, 1.82) is 0 Å². The number of aliphatic hydroxyl groups excluding tert-OH is 2. The molecule has 0 heterocycles. The van der Waals surface area contributed by atoms with Crippen molar-refractivity contribution in [3.63, 3.8) is 0 Å². The van der Waals surface area contributed by atoms with Gasteiger partial charge in [0.1, 0.15) is 12.4 Å². The zero-order valence-electron chi connectivity index (χ0n) is 10.0. The molecule has 2 N–H and O–H groups in total. The van der Waals surface area contributed by atoms with E-state index in [1.165, 1.54) is 0 Å². The molecule has 0 amide bonds. The van der Waals surface area contributed by atoms with Crippen molar-refractivity contribution in [2.45, 2.75) is 19.8 Å². The molecule has 0 fully saturated rings. The van der Waals surface area contributed by atoms with Crippen molar-refractivity contribution in [1.82, 2.24) is 0 Å². The van der Waals surface area contributed by atoms with E-state index in [1.54, 1.807) is 0 Å². The second-order valence-corrected chi connectivity index (χ2v) is 4.03. The fraction of sp³-hybridized carbons (Fsp3) is 0.200. The Morgan fingerprint density at radius 1 is 0.778 bits per heavy atom. The summed E-state index contributed by atoms with van der Waals surface area (Å²) in [6.07, 6.45) is 0. The molecular weight excluding hydrogens is 228 g/mol. The predicted molar refractivity (Wildman–Crippen MR) is 69.1 cm³/mol. The van der Waals surface area contributed by atoms with Crippen molar-refractivity contribution in [2.75, 3.05) is 0 Å². The quantitative estimate of drug-likeness (QED) is 0.848. The van der Waals surface area contributed by atoms with Crippen LogP contribution >= 0.6 is 0 Å². The van der Waals surface area contributed by atoms with E-state index >= 15 is 0 Å². The highest BCUT2D eigenvalue weighted by Gasteiger charge is 2.02. The Labute approximate surface area is 106 Å². The first-order valence-corrected chi connectivity index (χ1v) is 5.83. The third-order valence-electron chi connectivity index (χ3n) is 2.74. The topological polar surface area (TPSA) is 49.7 Å². The zero-order valence-corrected chi connectivity index (χ0v) is 10.0. The van der Waals surface area contributed by atoms with E-state index in [0.717, 1.165) is 16.7 Å². The van der Waals surface area contributed by atoms with Gasteiger partial charge in [-0.1, -0.05) is 42.5 Å². The molecule has 0 bridgehead atoms. The van der Waals surface area contributed by atoms with Crippen LogP contribution in [0.5, 0.6) is 5.75 Å². The number of ether oxygens (including phenoxy) is 1. The van der Waals surface area contributed by atoms with Gasteiger partial charge in [0, 0.05) is 5.56 Å². The average molecular weight is 244 g/mol. The lowest BCUT2D eigenvalue weighted by atomic mass is 10.1. The molecule has 0 aromatic heterocycles. The molecule has 0 aliphatic carbocycles. The highest BCUT2D eigenvalue weighted by atomic mass is 16.5. The third-order valence-corrected chi connectivity index (χ3v) is 2.74. The zero-order chi connectivity index (χ0) is 12.8. The van der Waals surface area contributed by atoms with Crippen molar-refractivity contribution >= 4 is 0 Å². The number of rotatable bonds is 5. The van der Waals surface area contributed by atoms with Gasteiger partial charge in [-0.2, -0.15) is 0 Å². The first-order chi connectivity index (χ1) is 8.83. The van der Waals surface area contributed by atoms with E-state index < -0.39 is 0 Å². The van der Waals surface area contributed by atoms with Crippen molar-refractivity contribution in [2.24, 2.45) is 0 Å². The summed E-state index contributed by atoms with van der Waals surface area (Å²) in [6.45, 7) is 0.469. The molecular formula is C15H16O3. The summed E-state index contributed by atoms with van der Waals surface area (Å²) in [5, 5.41) is 18.1. The van der Waals surface area contributed by atoms with Crippen LogP contribution in [0.4, 0.5) is 0 Å². The van der Waals surface area contributed by atoms with E-state index in [1.807, 2.05) is 48.5 Å². The highest BCUT2D eigenvalue weighted by Crippen LogP contribution is 2.19. The number of hydrogen-bond donors (Lipinski definition) is 2. The molecule has 3 heteroatoms. The van der Waals surface area contributed by atoms with Crippen LogP contribution in [0.15, 0.2) is 48.5 Å². The molecule has 0 spiro atoms. The number of aliphatic hydroxyl groups is 2. The first kappa shape index (κ1) is 12.6. The van der Waals surface area contributed by atoms with Gasteiger partial charge >= 0.3 is 0 Å². The molecule has 0 unspecified atom stereocenters. The monoisotopic (exact) mass is 244 g/mol. The Kier molecular flexibility index (Phi) is 4.34. The van der Waals surface area contributed by atoms with Crippen LogP contribution in [0.2, 0.25) is 0 Å². The smallest absolute Gasteiger partial charge is 0.125 e. The maximum atomic E-state index is 9.18.